The SMILES string of the molecule is O=C(COc1ccc2ccc(=O)oc2c1)N1CCN(C(=O)C2CCCO2)CC1. The Morgan fingerprint density at radius 1 is 1.07 bits per heavy atom. The van der Waals surface area contributed by atoms with Crippen LogP contribution in [-0.2, 0) is 14.3 Å². The van der Waals surface area contributed by atoms with Gasteiger partial charge in [0, 0.05) is 50.3 Å². The highest BCUT2D eigenvalue weighted by Gasteiger charge is 2.31. The summed E-state index contributed by atoms with van der Waals surface area (Å²) in [6.07, 6.45) is 1.38. The number of fused-ring (bicyclic) bond motifs is 1. The topological polar surface area (TPSA) is 89.3 Å². The first-order valence-electron chi connectivity index (χ1n) is 9.45. The van der Waals surface area contributed by atoms with Crippen LogP contribution in [0, 0.1) is 0 Å². The first-order chi connectivity index (χ1) is 13.6. The molecule has 0 N–H and O–H groups in total. The van der Waals surface area contributed by atoms with Gasteiger partial charge in [-0.1, -0.05) is 0 Å². The summed E-state index contributed by atoms with van der Waals surface area (Å²) >= 11 is 0. The molecule has 28 heavy (non-hydrogen) atoms. The first-order valence-corrected chi connectivity index (χ1v) is 9.45. The number of amides is 2. The van der Waals surface area contributed by atoms with Gasteiger partial charge in [0.25, 0.3) is 11.8 Å². The Bertz CT molecular complexity index is 926. The van der Waals surface area contributed by atoms with E-state index in [2.05, 4.69) is 0 Å². The molecule has 1 atom stereocenters. The Balaban J connectivity index is 1.29. The summed E-state index contributed by atoms with van der Waals surface area (Å²) < 4.78 is 16.1. The third-order valence-corrected chi connectivity index (χ3v) is 5.11. The lowest BCUT2D eigenvalue weighted by atomic mass is 10.2. The molecule has 148 valence electrons. The van der Waals surface area contributed by atoms with Crippen molar-refractivity contribution in [2.45, 2.75) is 18.9 Å². The van der Waals surface area contributed by atoms with Gasteiger partial charge in [0.1, 0.15) is 17.4 Å². The van der Waals surface area contributed by atoms with Crippen molar-refractivity contribution in [3.63, 3.8) is 0 Å². The summed E-state index contributed by atoms with van der Waals surface area (Å²) in [5.41, 5.74) is -0.0187. The van der Waals surface area contributed by atoms with Crippen LogP contribution in [0.25, 0.3) is 11.0 Å². The van der Waals surface area contributed by atoms with Crippen molar-refractivity contribution in [2.75, 3.05) is 39.4 Å². The maximum absolute atomic E-state index is 12.4. The fraction of sp³-hybridized carbons (Fsp3) is 0.450. The van der Waals surface area contributed by atoms with Crippen molar-refractivity contribution in [3.8, 4) is 5.75 Å². The zero-order valence-electron chi connectivity index (χ0n) is 15.5. The second-order valence-electron chi connectivity index (χ2n) is 6.95. The van der Waals surface area contributed by atoms with Gasteiger partial charge in [-0.05, 0) is 31.0 Å². The molecule has 0 radical (unpaired) electrons. The van der Waals surface area contributed by atoms with Crippen LogP contribution in [0.15, 0.2) is 39.5 Å². The number of carbonyl (C=O) groups is 2. The van der Waals surface area contributed by atoms with Crippen LogP contribution in [0.3, 0.4) is 0 Å². The lowest BCUT2D eigenvalue weighted by Crippen LogP contribution is -2.53. The number of hydrogen-bond donors (Lipinski definition) is 0. The minimum absolute atomic E-state index is 0.0264. The Kier molecular flexibility index (Phi) is 5.29. The molecule has 8 nitrogen and oxygen atoms in total. The van der Waals surface area contributed by atoms with Gasteiger partial charge in [0.2, 0.25) is 0 Å². The van der Waals surface area contributed by atoms with Crippen LogP contribution in [0.2, 0.25) is 0 Å². The second-order valence-corrected chi connectivity index (χ2v) is 6.95. The van der Waals surface area contributed by atoms with E-state index in [1.165, 1.54) is 6.07 Å². The number of carbonyl (C=O) groups excluding carboxylic acids is 2. The molecule has 2 amide bonds. The molecule has 1 aromatic heterocycles. The lowest BCUT2D eigenvalue weighted by Gasteiger charge is -2.35. The van der Waals surface area contributed by atoms with Crippen LogP contribution >= 0.6 is 0 Å². The van der Waals surface area contributed by atoms with Crippen LogP contribution in [-0.4, -0.2) is 67.1 Å². The molecule has 0 aliphatic carbocycles. The third-order valence-electron chi connectivity index (χ3n) is 5.11. The van der Waals surface area contributed by atoms with E-state index in [0.29, 0.717) is 44.1 Å². The third kappa shape index (κ3) is 4.01. The molecule has 0 saturated carbocycles. The average Bonchev–Trinajstić information content (AvgIpc) is 3.26. The van der Waals surface area contributed by atoms with Gasteiger partial charge in [-0.15, -0.1) is 0 Å². The van der Waals surface area contributed by atoms with Crippen molar-refractivity contribution in [3.05, 3.63) is 40.8 Å². The van der Waals surface area contributed by atoms with Crippen LogP contribution < -0.4 is 10.4 Å². The molecule has 2 fully saturated rings. The van der Waals surface area contributed by atoms with Crippen molar-refractivity contribution in [2.24, 2.45) is 0 Å². The number of ether oxygens (including phenoxy) is 2. The minimum Gasteiger partial charge on any atom is -0.484 e. The maximum atomic E-state index is 12.4. The highest BCUT2D eigenvalue weighted by molar-refractivity contribution is 5.82. The van der Waals surface area contributed by atoms with Gasteiger partial charge in [-0.3, -0.25) is 9.59 Å². The number of benzene rings is 1. The minimum atomic E-state index is -0.434. The van der Waals surface area contributed by atoms with Gasteiger partial charge in [-0.2, -0.15) is 0 Å². The lowest BCUT2D eigenvalue weighted by molar-refractivity contribution is -0.146. The summed E-state index contributed by atoms with van der Waals surface area (Å²) in [5, 5.41) is 0.783. The number of nitrogens with zero attached hydrogens (tertiary/aromatic N) is 2. The molecule has 0 spiro atoms. The molecular weight excluding hydrogens is 364 g/mol. The van der Waals surface area contributed by atoms with Gasteiger partial charge < -0.3 is 23.7 Å². The van der Waals surface area contributed by atoms with E-state index >= 15 is 0 Å². The molecule has 2 aliphatic heterocycles. The zero-order valence-corrected chi connectivity index (χ0v) is 15.5. The van der Waals surface area contributed by atoms with Crippen molar-refractivity contribution in [1.82, 2.24) is 9.80 Å². The largest absolute Gasteiger partial charge is 0.484 e. The van der Waals surface area contributed by atoms with E-state index in [0.717, 1.165) is 18.2 Å². The van der Waals surface area contributed by atoms with Crippen molar-refractivity contribution >= 4 is 22.8 Å². The van der Waals surface area contributed by atoms with Crippen LogP contribution in [0.4, 0.5) is 0 Å². The molecular formula is C20H22N2O6. The normalized spacial score (nSPS) is 19.8. The number of piperazine rings is 1. The molecule has 8 heteroatoms. The quantitative estimate of drug-likeness (QED) is 0.729. The Morgan fingerprint density at radius 2 is 1.82 bits per heavy atom. The van der Waals surface area contributed by atoms with E-state index in [9.17, 15) is 14.4 Å². The molecule has 3 heterocycles. The average molecular weight is 386 g/mol. The molecule has 2 aliphatic rings. The Labute approximate surface area is 161 Å². The summed E-state index contributed by atoms with van der Waals surface area (Å²) in [4.78, 5) is 39.6. The maximum Gasteiger partial charge on any atom is 0.336 e. The Morgan fingerprint density at radius 3 is 2.57 bits per heavy atom. The Hall–Kier alpha value is -2.87. The predicted molar refractivity (Wildman–Crippen MR) is 100 cm³/mol. The molecule has 2 aromatic rings. The van der Waals surface area contributed by atoms with Gasteiger partial charge in [0.15, 0.2) is 6.61 Å². The standard InChI is InChI=1S/C20H22N2O6/c23-18(13-27-15-5-3-14-4-6-19(24)28-17(14)12-15)21-7-9-22(10-8-21)20(25)16-2-1-11-26-16/h3-6,12,16H,1-2,7-11,13H2. The number of hydrogen-bond acceptors (Lipinski definition) is 6. The first kappa shape index (κ1) is 18.5. The van der Waals surface area contributed by atoms with E-state index < -0.39 is 5.63 Å². The van der Waals surface area contributed by atoms with E-state index in [-0.39, 0.29) is 24.5 Å². The van der Waals surface area contributed by atoms with Gasteiger partial charge in [0.05, 0.1) is 0 Å². The summed E-state index contributed by atoms with van der Waals surface area (Å²) in [6.45, 7) is 2.50. The summed E-state index contributed by atoms with van der Waals surface area (Å²) in [6, 6.07) is 8.13. The second kappa shape index (κ2) is 8.02. The number of rotatable bonds is 4. The molecule has 1 aromatic carbocycles. The van der Waals surface area contributed by atoms with Crippen LogP contribution in [0.5, 0.6) is 5.75 Å². The van der Waals surface area contributed by atoms with E-state index in [4.69, 9.17) is 13.9 Å². The van der Waals surface area contributed by atoms with Crippen LogP contribution in [0.1, 0.15) is 12.8 Å². The van der Waals surface area contributed by atoms with E-state index in [1.807, 2.05) is 0 Å². The van der Waals surface area contributed by atoms with Gasteiger partial charge in [-0.25, -0.2) is 4.79 Å². The summed E-state index contributed by atoms with van der Waals surface area (Å²) in [7, 11) is 0. The fourth-order valence-electron chi connectivity index (χ4n) is 3.52. The monoisotopic (exact) mass is 386 g/mol. The molecule has 2 saturated heterocycles. The predicted octanol–water partition coefficient (Wildman–Crippen LogP) is 1.02. The molecule has 4 rings (SSSR count). The summed E-state index contributed by atoms with van der Waals surface area (Å²) in [5.74, 6) is 0.347. The fourth-order valence-corrected chi connectivity index (χ4v) is 3.52. The van der Waals surface area contributed by atoms with Crippen molar-refractivity contribution in [1.29, 1.82) is 0 Å². The highest BCUT2D eigenvalue weighted by atomic mass is 16.5. The van der Waals surface area contributed by atoms with Crippen molar-refractivity contribution < 1.29 is 23.5 Å². The smallest absolute Gasteiger partial charge is 0.336 e. The highest BCUT2D eigenvalue weighted by Crippen LogP contribution is 2.20. The molecule has 1 unspecified atom stereocenters. The van der Waals surface area contributed by atoms with Gasteiger partial charge >= 0.3 is 5.63 Å². The van der Waals surface area contributed by atoms with E-state index in [1.54, 1.807) is 34.1 Å². The zero-order chi connectivity index (χ0) is 19.5. The molecule has 0 bridgehead atoms.